The highest BCUT2D eigenvalue weighted by molar-refractivity contribution is 5.38. The van der Waals surface area contributed by atoms with E-state index < -0.39 is 0 Å². The summed E-state index contributed by atoms with van der Waals surface area (Å²) in [7, 11) is 0. The normalized spacial score (nSPS) is 19.8. The second kappa shape index (κ2) is 4.71. The van der Waals surface area contributed by atoms with Crippen molar-refractivity contribution in [2.45, 2.75) is 18.9 Å². The molecule has 1 saturated heterocycles. The van der Waals surface area contributed by atoms with E-state index in [1.165, 1.54) is 6.33 Å². The molecule has 1 N–H and O–H groups in total. The Morgan fingerprint density at radius 2 is 2.53 bits per heavy atom. The number of rotatable bonds is 3. The molecule has 1 aromatic rings. The Labute approximate surface area is 88.1 Å². The van der Waals surface area contributed by atoms with Crippen LogP contribution in [0.2, 0.25) is 0 Å². The van der Waals surface area contributed by atoms with Gasteiger partial charge in [0.2, 0.25) is 0 Å². The van der Waals surface area contributed by atoms with E-state index in [0.717, 1.165) is 26.0 Å². The van der Waals surface area contributed by atoms with Gasteiger partial charge in [0.1, 0.15) is 23.9 Å². The van der Waals surface area contributed by atoms with Gasteiger partial charge in [-0.1, -0.05) is 0 Å². The van der Waals surface area contributed by atoms with Crippen LogP contribution in [-0.4, -0.2) is 29.2 Å². The number of nitrogens with one attached hydrogen (secondary N) is 1. The van der Waals surface area contributed by atoms with E-state index in [1.807, 2.05) is 6.07 Å². The third-order valence-electron chi connectivity index (χ3n) is 2.32. The maximum atomic E-state index is 8.65. The number of anilines is 1. The van der Waals surface area contributed by atoms with Crippen molar-refractivity contribution in [3.63, 3.8) is 0 Å². The van der Waals surface area contributed by atoms with Crippen molar-refractivity contribution in [3.05, 3.63) is 18.1 Å². The minimum Gasteiger partial charge on any atom is -0.376 e. The van der Waals surface area contributed by atoms with E-state index in [4.69, 9.17) is 10.00 Å². The van der Waals surface area contributed by atoms with Gasteiger partial charge in [-0.25, -0.2) is 9.97 Å². The predicted molar refractivity (Wildman–Crippen MR) is 54.2 cm³/mol. The van der Waals surface area contributed by atoms with Gasteiger partial charge in [0, 0.05) is 19.2 Å². The first-order valence-electron chi connectivity index (χ1n) is 4.96. The molecule has 2 heterocycles. The molecule has 0 bridgehead atoms. The van der Waals surface area contributed by atoms with Crippen molar-refractivity contribution in [3.8, 4) is 6.07 Å². The van der Waals surface area contributed by atoms with Crippen LogP contribution in [-0.2, 0) is 4.74 Å². The Morgan fingerprint density at radius 3 is 3.27 bits per heavy atom. The minimum atomic E-state index is 0.269. The molecule has 0 amide bonds. The van der Waals surface area contributed by atoms with Gasteiger partial charge in [-0.05, 0) is 12.8 Å². The number of nitrogens with zero attached hydrogens (tertiary/aromatic N) is 3. The van der Waals surface area contributed by atoms with E-state index in [1.54, 1.807) is 6.07 Å². The van der Waals surface area contributed by atoms with E-state index in [2.05, 4.69) is 15.3 Å². The fraction of sp³-hybridized carbons (Fsp3) is 0.500. The van der Waals surface area contributed by atoms with Crippen molar-refractivity contribution < 1.29 is 4.74 Å². The molecule has 15 heavy (non-hydrogen) atoms. The number of aromatic nitrogens is 2. The lowest BCUT2D eigenvalue weighted by molar-refractivity contribution is 0.120. The Bertz CT molecular complexity index is 368. The van der Waals surface area contributed by atoms with E-state index in [0.29, 0.717) is 11.5 Å². The van der Waals surface area contributed by atoms with Gasteiger partial charge in [0.15, 0.2) is 0 Å². The maximum Gasteiger partial charge on any atom is 0.145 e. The second-order valence-electron chi connectivity index (χ2n) is 3.42. The topological polar surface area (TPSA) is 70.8 Å². The molecular weight excluding hydrogens is 192 g/mol. The summed E-state index contributed by atoms with van der Waals surface area (Å²) in [5, 5.41) is 11.8. The van der Waals surface area contributed by atoms with Crippen LogP contribution in [0, 0.1) is 11.3 Å². The SMILES string of the molecule is N#Cc1cc(NCC2CCCO2)ncn1. The summed E-state index contributed by atoms with van der Waals surface area (Å²) in [6, 6.07) is 3.61. The van der Waals surface area contributed by atoms with E-state index in [9.17, 15) is 0 Å². The summed E-state index contributed by atoms with van der Waals surface area (Å²) in [6.07, 6.45) is 3.87. The molecule has 1 aliphatic heterocycles. The standard InChI is InChI=1S/C10H12N4O/c11-5-8-4-10(14-7-13-8)12-6-9-2-1-3-15-9/h4,7,9H,1-3,6H2,(H,12,13,14). The predicted octanol–water partition coefficient (Wildman–Crippen LogP) is 0.939. The quantitative estimate of drug-likeness (QED) is 0.793. The summed E-state index contributed by atoms with van der Waals surface area (Å²) >= 11 is 0. The van der Waals surface area contributed by atoms with Gasteiger partial charge in [-0.15, -0.1) is 0 Å². The van der Waals surface area contributed by atoms with Crippen LogP contribution in [0.4, 0.5) is 5.82 Å². The zero-order valence-corrected chi connectivity index (χ0v) is 8.31. The van der Waals surface area contributed by atoms with Crippen LogP contribution in [0.3, 0.4) is 0 Å². The summed E-state index contributed by atoms with van der Waals surface area (Å²) < 4.78 is 5.46. The van der Waals surface area contributed by atoms with Crippen molar-refractivity contribution in [1.82, 2.24) is 9.97 Å². The van der Waals surface area contributed by atoms with Gasteiger partial charge in [-0.3, -0.25) is 0 Å². The molecule has 2 rings (SSSR count). The Hall–Kier alpha value is -1.67. The number of ether oxygens (including phenoxy) is 1. The number of hydrogen-bond donors (Lipinski definition) is 1. The Morgan fingerprint density at radius 1 is 1.60 bits per heavy atom. The molecule has 0 aromatic carbocycles. The molecule has 78 valence electrons. The number of nitriles is 1. The highest BCUT2D eigenvalue weighted by Crippen LogP contribution is 2.12. The lowest BCUT2D eigenvalue weighted by Crippen LogP contribution is -2.19. The highest BCUT2D eigenvalue weighted by atomic mass is 16.5. The van der Waals surface area contributed by atoms with Crippen LogP contribution in [0.5, 0.6) is 0 Å². The monoisotopic (exact) mass is 204 g/mol. The summed E-state index contributed by atoms with van der Waals surface area (Å²) in [5.41, 5.74) is 0.375. The first-order chi connectivity index (χ1) is 7.38. The molecule has 5 heteroatoms. The van der Waals surface area contributed by atoms with Gasteiger partial charge in [0.05, 0.1) is 6.10 Å². The van der Waals surface area contributed by atoms with Crippen molar-refractivity contribution in [2.24, 2.45) is 0 Å². The summed E-state index contributed by atoms with van der Waals surface area (Å²) in [6.45, 7) is 1.58. The second-order valence-corrected chi connectivity index (χ2v) is 3.42. The van der Waals surface area contributed by atoms with E-state index >= 15 is 0 Å². The van der Waals surface area contributed by atoms with Gasteiger partial charge < -0.3 is 10.1 Å². The molecule has 1 aliphatic rings. The molecule has 0 aliphatic carbocycles. The van der Waals surface area contributed by atoms with Gasteiger partial charge in [-0.2, -0.15) is 5.26 Å². The van der Waals surface area contributed by atoms with E-state index in [-0.39, 0.29) is 6.10 Å². The molecule has 5 nitrogen and oxygen atoms in total. The summed E-state index contributed by atoms with van der Waals surface area (Å²) in [4.78, 5) is 7.81. The summed E-state index contributed by atoms with van der Waals surface area (Å²) in [5.74, 6) is 0.678. The minimum absolute atomic E-state index is 0.269. The molecule has 0 spiro atoms. The molecular formula is C10H12N4O. The van der Waals surface area contributed by atoms with Crippen LogP contribution < -0.4 is 5.32 Å². The fourth-order valence-corrected chi connectivity index (χ4v) is 1.54. The average Bonchev–Trinajstić information content (AvgIpc) is 2.79. The van der Waals surface area contributed by atoms with Gasteiger partial charge >= 0.3 is 0 Å². The zero-order chi connectivity index (χ0) is 10.5. The lowest BCUT2D eigenvalue weighted by Gasteiger charge is -2.10. The third-order valence-corrected chi connectivity index (χ3v) is 2.32. The number of hydrogen-bond acceptors (Lipinski definition) is 5. The zero-order valence-electron chi connectivity index (χ0n) is 8.31. The first-order valence-corrected chi connectivity index (χ1v) is 4.96. The van der Waals surface area contributed by atoms with Crippen LogP contribution >= 0.6 is 0 Å². The molecule has 1 fully saturated rings. The van der Waals surface area contributed by atoms with Crippen LogP contribution in [0.25, 0.3) is 0 Å². The molecule has 0 saturated carbocycles. The first kappa shape index (κ1) is 9.87. The van der Waals surface area contributed by atoms with Crippen molar-refractivity contribution >= 4 is 5.82 Å². The molecule has 1 unspecified atom stereocenters. The fourth-order valence-electron chi connectivity index (χ4n) is 1.54. The molecule has 1 atom stereocenters. The van der Waals surface area contributed by atoms with Gasteiger partial charge in [0.25, 0.3) is 0 Å². The van der Waals surface area contributed by atoms with Crippen molar-refractivity contribution in [2.75, 3.05) is 18.5 Å². The van der Waals surface area contributed by atoms with Crippen molar-refractivity contribution in [1.29, 1.82) is 5.26 Å². The third kappa shape index (κ3) is 2.64. The lowest BCUT2D eigenvalue weighted by atomic mass is 10.2. The highest BCUT2D eigenvalue weighted by Gasteiger charge is 2.14. The maximum absolute atomic E-state index is 8.65. The Balaban J connectivity index is 1.90. The largest absolute Gasteiger partial charge is 0.376 e. The van der Waals surface area contributed by atoms with Crippen LogP contribution in [0.1, 0.15) is 18.5 Å². The average molecular weight is 204 g/mol. The molecule has 0 radical (unpaired) electrons. The Kier molecular flexibility index (Phi) is 3.10. The molecule has 1 aromatic heterocycles. The van der Waals surface area contributed by atoms with Crippen LogP contribution in [0.15, 0.2) is 12.4 Å². The smallest absolute Gasteiger partial charge is 0.145 e.